The Balaban J connectivity index is 1.48. The lowest BCUT2D eigenvalue weighted by Gasteiger charge is -2.03. The first-order chi connectivity index (χ1) is 14.9. The monoisotopic (exact) mass is 461 g/mol. The number of methoxy groups -OCH3 is 1. The molecule has 0 fully saturated rings. The molecular weight excluding hydrogens is 450 g/mol. The van der Waals surface area contributed by atoms with Gasteiger partial charge < -0.3 is 20.2 Å². The molecule has 0 aliphatic rings. The number of benzene rings is 1. The summed E-state index contributed by atoms with van der Waals surface area (Å²) in [4.78, 5) is 38.1. The average molecular weight is 462 g/mol. The van der Waals surface area contributed by atoms with Crippen molar-refractivity contribution < 1.29 is 19.2 Å². The SMILES string of the molecule is COC(=O)c1sc2cc(NC(=O)c3ccn(Cn4cnc([N+](=O)[O-])n4)n3)ccc2c1Cl. The first kappa shape index (κ1) is 20.4. The second-order valence-corrected chi connectivity index (χ2v) is 7.55. The van der Waals surface area contributed by atoms with E-state index in [4.69, 9.17) is 16.3 Å². The number of nitrogens with one attached hydrogen (secondary N) is 1. The molecule has 0 aliphatic carbocycles. The molecule has 0 unspecified atom stereocenters. The maximum atomic E-state index is 12.5. The van der Waals surface area contributed by atoms with Crippen molar-refractivity contribution in [2.24, 2.45) is 0 Å². The number of nitrogens with zero attached hydrogens (tertiary/aromatic N) is 6. The van der Waals surface area contributed by atoms with Gasteiger partial charge in [-0.2, -0.15) is 9.78 Å². The molecule has 0 radical (unpaired) electrons. The molecule has 31 heavy (non-hydrogen) atoms. The maximum absolute atomic E-state index is 12.5. The zero-order valence-electron chi connectivity index (χ0n) is 15.7. The number of amides is 1. The molecule has 4 rings (SSSR count). The van der Waals surface area contributed by atoms with E-state index in [2.05, 4.69) is 20.5 Å². The number of anilines is 1. The summed E-state index contributed by atoms with van der Waals surface area (Å²) < 4.78 is 8.04. The van der Waals surface area contributed by atoms with Crippen molar-refractivity contribution in [1.29, 1.82) is 0 Å². The highest BCUT2D eigenvalue weighted by molar-refractivity contribution is 7.21. The minimum Gasteiger partial charge on any atom is -0.465 e. The predicted molar refractivity (Wildman–Crippen MR) is 110 cm³/mol. The van der Waals surface area contributed by atoms with E-state index in [-0.39, 0.29) is 17.2 Å². The van der Waals surface area contributed by atoms with Gasteiger partial charge in [0.2, 0.25) is 6.33 Å². The molecule has 158 valence electrons. The maximum Gasteiger partial charge on any atom is 0.491 e. The molecule has 14 heteroatoms. The van der Waals surface area contributed by atoms with E-state index in [1.807, 2.05) is 0 Å². The standard InChI is InChI=1S/C17H12ClN7O5S/c1-30-16(27)14-13(18)10-3-2-9(6-12(10)31-14)20-15(26)11-4-5-23(21-11)8-24-7-19-17(22-24)25(28)29/h2-7H,8H2,1H3,(H,20,26). The largest absolute Gasteiger partial charge is 0.491 e. The van der Waals surface area contributed by atoms with Crippen molar-refractivity contribution >= 4 is 56.5 Å². The van der Waals surface area contributed by atoms with Gasteiger partial charge in [0.15, 0.2) is 12.4 Å². The Morgan fingerprint density at radius 3 is 2.81 bits per heavy atom. The molecular formula is C17H12ClN7O5S. The van der Waals surface area contributed by atoms with Gasteiger partial charge in [-0.05, 0) is 29.2 Å². The lowest BCUT2D eigenvalue weighted by Crippen LogP contribution is -2.15. The van der Waals surface area contributed by atoms with Crippen LogP contribution < -0.4 is 5.32 Å². The number of ether oxygens (including phenoxy) is 1. The average Bonchev–Trinajstić information content (AvgIpc) is 3.47. The summed E-state index contributed by atoms with van der Waals surface area (Å²) in [6, 6.07) is 6.55. The number of thiophene rings is 1. The van der Waals surface area contributed by atoms with E-state index in [9.17, 15) is 19.7 Å². The zero-order chi connectivity index (χ0) is 22.1. The van der Waals surface area contributed by atoms with Gasteiger partial charge >= 0.3 is 11.9 Å². The van der Waals surface area contributed by atoms with Crippen molar-refractivity contribution in [1.82, 2.24) is 24.5 Å². The summed E-state index contributed by atoms with van der Waals surface area (Å²) >= 11 is 7.40. The van der Waals surface area contributed by atoms with Gasteiger partial charge in [-0.25, -0.2) is 9.48 Å². The number of rotatable bonds is 6. The number of hydrogen-bond donors (Lipinski definition) is 1. The van der Waals surface area contributed by atoms with Gasteiger partial charge in [-0.3, -0.25) is 4.79 Å². The van der Waals surface area contributed by atoms with Crippen LogP contribution in [0.15, 0.2) is 36.8 Å². The van der Waals surface area contributed by atoms with Crippen molar-refractivity contribution in [2.75, 3.05) is 12.4 Å². The number of esters is 1. The lowest BCUT2D eigenvalue weighted by molar-refractivity contribution is -0.394. The molecule has 3 heterocycles. The molecule has 1 aromatic carbocycles. The van der Waals surface area contributed by atoms with Gasteiger partial charge in [0, 0.05) is 27.1 Å². The summed E-state index contributed by atoms with van der Waals surface area (Å²) in [6.45, 7) is 0.0457. The van der Waals surface area contributed by atoms with E-state index in [0.717, 1.165) is 11.3 Å². The van der Waals surface area contributed by atoms with Crippen molar-refractivity contribution in [2.45, 2.75) is 6.67 Å². The molecule has 12 nitrogen and oxygen atoms in total. The van der Waals surface area contributed by atoms with Gasteiger partial charge in [0.1, 0.15) is 4.88 Å². The quantitative estimate of drug-likeness (QED) is 0.262. The number of carbonyl (C=O) groups excluding carboxylic acids is 2. The molecule has 1 N–H and O–H groups in total. The molecule has 3 aromatic heterocycles. The smallest absolute Gasteiger partial charge is 0.465 e. The van der Waals surface area contributed by atoms with Crippen LogP contribution in [-0.2, 0) is 11.4 Å². The van der Waals surface area contributed by atoms with Gasteiger partial charge in [0.25, 0.3) is 5.91 Å². The Labute approximate surface area is 182 Å². The normalized spacial score (nSPS) is 10.9. The fourth-order valence-corrected chi connectivity index (χ4v) is 4.17. The second-order valence-electron chi connectivity index (χ2n) is 6.12. The number of fused-ring (bicyclic) bond motifs is 1. The molecule has 0 aliphatic heterocycles. The van der Waals surface area contributed by atoms with Crippen LogP contribution in [0.1, 0.15) is 20.2 Å². The summed E-state index contributed by atoms with van der Waals surface area (Å²) in [5.41, 5.74) is 0.627. The summed E-state index contributed by atoms with van der Waals surface area (Å²) in [5, 5.41) is 22.2. The fourth-order valence-electron chi connectivity index (χ4n) is 2.71. The zero-order valence-corrected chi connectivity index (χ0v) is 17.3. The first-order valence-corrected chi connectivity index (χ1v) is 9.74. The Morgan fingerprint density at radius 1 is 1.29 bits per heavy atom. The van der Waals surface area contributed by atoms with Crippen LogP contribution in [0.3, 0.4) is 0 Å². The first-order valence-electron chi connectivity index (χ1n) is 8.54. The molecule has 0 saturated heterocycles. The highest BCUT2D eigenvalue weighted by Gasteiger charge is 2.19. The summed E-state index contributed by atoms with van der Waals surface area (Å²) in [6.07, 6.45) is 2.73. The number of halogens is 1. The molecule has 4 aromatic rings. The van der Waals surface area contributed by atoms with Crippen LogP contribution in [-0.4, -0.2) is 48.5 Å². The number of carbonyl (C=O) groups is 2. The van der Waals surface area contributed by atoms with Crippen molar-refractivity contribution in [3.05, 3.63) is 62.5 Å². The van der Waals surface area contributed by atoms with Crippen LogP contribution in [0.5, 0.6) is 0 Å². The van der Waals surface area contributed by atoms with Crippen LogP contribution in [0, 0.1) is 10.1 Å². The highest BCUT2D eigenvalue weighted by atomic mass is 35.5. The van der Waals surface area contributed by atoms with E-state index in [1.165, 1.54) is 35.1 Å². The van der Waals surface area contributed by atoms with E-state index in [0.29, 0.717) is 20.8 Å². The molecule has 0 spiro atoms. The van der Waals surface area contributed by atoms with Crippen LogP contribution in [0.25, 0.3) is 10.1 Å². The Bertz CT molecular complexity index is 1330. The topological polar surface area (TPSA) is 147 Å². The van der Waals surface area contributed by atoms with Crippen molar-refractivity contribution in [3.8, 4) is 0 Å². The van der Waals surface area contributed by atoms with Crippen LogP contribution in [0.2, 0.25) is 5.02 Å². The molecule has 0 bridgehead atoms. The third-order valence-corrected chi connectivity index (χ3v) is 5.75. The second kappa shape index (κ2) is 8.12. The Kier molecular flexibility index (Phi) is 5.35. The van der Waals surface area contributed by atoms with Crippen LogP contribution in [0.4, 0.5) is 11.6 Å². The number of nitro groups is 1. The third-order valence-electron chi connectivity index (χ3n) is 4.11. The fraction of sp³-hybridized carbons (Fsp3) is 0.118. The Hall–Kier alpha value is -3.84. The minimum absolute atomic E-state index is 0.0457. The number of aromatic nitrogens is 5. The van der Waals surface area contributed by atoms with Gasteiger partial charge in [-0.15, -0.1) is 11.3 Å². The van der Waals surface area contributed by atoms with Gasteiger partial charge in [-0.1, -0.05) is 16.6 Å². The van der Waals surface area contributed by atoms with E-state index in [1.54, 1.807) is 18.2 Å². The number of hydrogen-bond acceptors (Lipinski definition) is 9. The predicted octanol–water partition coefficient (Wildman–Crippen LogP) is 2.80. The Morgan fingerprint density at radius 2 is 2.10 bits per heavy atom. The minimum atomic E-state index is -0.704. The molecule has 0 saturated carbocycles. The molecule has 0 atom stereocenters. The highest BCUT2D eigenvalue weighted by Crippen LogP contribution is 2.37. The summed E-state index contributed by atoms with van der Waals surface area (Å²) in [7, 11) is 1.28. The lowest BCUT2D eigenvalue weighted by atomic mass is 10.2. The third kappa shape index (κ3) is 4.08. The van der Waals surface area contributed by atoms with Crippen molar-refractivity contribution in [3.63, 3.8) is 0 Å². The van der Waals surface area contributed by atoms with E-state index < -0.39 is 22.7 Å². The van der Waals surface area contributed by atoms with E-state index >= 15 is 0 Å². The van der Waals surface area contributed by atoms with Gasteiger partial charge in [0.05, 0.1) is 12.1 Å². The van der Waals surface area contributed by atoms with Crippen LogP contribution >= 0.6 is 22.9 Å². The summed E-state index contributed by atoms with van der Waals surface area (Å²) in [5.74, 6) is -1.51. The molecule has 1 amide bonds.